The number of halogens is 2. The Bertz CT molecular complexity index is 663. The van der Waals surface area contributed by atoms with Gasteiger partial charge in [0.15, 0.2) is 0 Å². The quantitative estimate of drug-likeness (QED) is 0.785. The van der Waals surface area contributed by atoms with Crippen LogP contribution in [0.4, 0.5) is 5.69 Å². The van der Waals surface area contributed by atoms with Crippen molar-refractivity contribution in [1.82, 2.24) is 4.98 Å². The van der Waals surface area contributed by atoms with Gasteiger partial charge in [0.25, 0.3) is 5.91 Å². The number of nitrogens with one attached hydrogen (secondary N) is 2. The predicted octanol–water partition coefficient (Wildman–Crippen LogP) is 3.59. The van der Waals surface area contributed by atoms with Crippen molar-refractivity contribution in [1.29, 1.82) is 0 Å². The van der Waals surface area contributed by atoms with Crippen LogP contribution in [0.1, 0.15) is 22.5 Å². The molecule has 7 heteroatoms. The number of benzene rings is 1. The highest BCUT2D eigenvalue weighted by atomic mass is 35.5. The summed E-state index contributed by atoms with van der Waals surface area (Å²) in [6.45, 7) is 0. The van der Waals surface area contributed by atoms with E-state index in [0.717, 1.165) is 5.56 Å². The van der Waals surface area contributed by atoms with E-state index in [1.807, 2.05) is 0 Å². The maximum absolute atomic E-state index is 12.0. The van der Waals surface area contributed by atoms with Crippen LogP contribution in [0.15, 0.2) is 30.3 Å². The number of H-pyrrole nitrogens is 1. The van der Waals surface area contributed by atoms with E-state index in [1.54, 1.807) is 24.3 Å². The van der Waals surface area contributed by atoms with Crippen LogP contribution in [-0.2, 0) is 11.2 Å². The average molecular weight is 327 g/mol. The zero-order chi connectivity index (χ0) is 15.4. The van der Waals surface area contributed by atoms with Crippen LogP contribution < -0.4 is 5.32 Å². The maximum Gasteiger partial charge on any atom is 0.303 e. The van der Waals surface area contributed by atoms with Crippen LogP contribution in [0.25, 0.3) is 0 Å². The number of hydrogen-bond acceptors (Lipinski definition) is 2. The molecule has 3 N–H and O–H groups in total. The molecule has 0 bridgehead atoms. The van der Waals surface area contributed by atoms with Gasteiger partial charge in [0.2, 0.25) is 0 Å². The summed E-state index contributed by atoms with van der Waals surface area (Å²) < 4.78 is 0. The number of aryl methyl sites for hydroxylation is 1. The number of anilines is 1. The molecule has 21 heavy (non-hydrogen) atoms. The topological polar surface area (TPSA) is 82.2 Å². The molecule has 0 unspecified atom stereocenters. The Morgan fingerprint density at radius 3 is 2.62 bits per heavy atom. The second-order valence-electron chi connectivity index (χ2n) is 4.39. The fourth-order valence-electron chi connectivity index (χ4n) is 1.78. The molecule has 0 atom stereocenters. The molecule has 0 aliphatic carbocycles. The van der Waals surface area contributed by atoms with Crippen molar-refractivity contribution >= 4 is 40.8 Å². The molecular weight excluding hydrogens is 315 g/mol. The molecule has 1 aromatic carbocycles. The first-order chi connectivity index (χ1) is 9.95. The number of hydrogen-bond donors (Lipinski definition) is 3. The second kappa shape index (κ2) is 6.65. The molecule has 0 saturated heterocycles. The first kappa shape index (κ1) is 15.4. The number of amides is 1. The first-order valence-electron chi connectivity index (χ1n) is 6.12. The number of rotatable bonds is 5. The number of carbonyl (C=O) groups is 2. The summed E-state index contributed by atoms with van der Waals surface area (Å²) in [7, 11) is 0. The van der Waals surface area contributed by atoms with Crippen molar-refractivity contribution in [2.45, 2.75) is 12.8 Å². The fourth-order valence-corrected chi connectivity index (χ4v) is 2.09. The van der Waals surface area contributed by atoms with Gasteiger partial charge in [0, 0.05) is 12.1 Å². The van der Waals surface area contributed by atoms with Crippen LogP contribution in [0.3, 0.4) is 0 Å². The lowest BCUT2D eigenvalue weighted by atomic mass is 10.1. The molecule has 0 fully saturated rings. The molecule has 0 spiro atoms. The first-order valence-corrected chi connectivity index (χ1v) is 6.87. The minimum Gasteiger partial charge on any atom is -0.481 e. The van der Waals surface area contributed by atoms with Crippen molar-refractivity contribution in [3.63, 3.8) is 0 Å². The van der Waals surface area contributed by atoms with Crippen LogP contribution in [0.5, 0.6) is 0 Å². The summed E-state index contributed by atoms with van der Waals surface area (Å²) in [6, 6.07) is 8.44. The molecule has 1 aromatic heterocycles. The van der Waals surface area contributed by atoms with E-state index < -0.39 is 5.97 Å². The molecule has 110 valence electrons. The second-order valence-corrected chi connectivity index (χ2v) is 5.18. The number of aliphatic carboxylic acids is 1. The largest absolute Gasteiger partial charge is 0.481 e. The zero-order valence-electron chi connectivity index (χ0n) is 10.8. The highest BCUT2D eigenvalue weighted by molar-refractivity contribution is 6.41. The number of aromatic nitrogens is 1. The Hall–Kier alpha value is -1.98. The zero-order valence-corrected chi connectivity index (χ0v) is 12.3. The summed E-state index contributed by atoms with van der Waals surface area (Å²) in [4.78, 5) is 25.2. The molecule has 0 aliphatic rings. The van der Waals surface area contributed by atoms with Gasteiger partial charge in [-0.3, -0.25) is 9.59 Å². The number of carbonyl (C=O) groups excluding carboxylic acids is 1. The summed E-state index contributed by atoms with van der Waals surface area (Å²) in [5, 5.41) is 11.8. The van der Waals surface area contributed by atoms with Crippen LogP contribution >= 0.6 is 23.2 Å². The Labute approximate surface area is 130 Å². The van der Waals surface area contributed by atoms with Crippen LogP contribution in [0.2, 0.25) is 10.2 Å². The lowest BCUT2D eigenvalue weighted by Crippen LogP contribution is -2.12. The van der Waals surface area contributed by atoms with E-state index in [2.05, 4.69) is 10.3 Å². The van der Waals surface area contributed by atoms with Crippen molar-refractivity contribution in [2.75, 3.05) is 5.32 Å². The predicted molar refractivity (Wildman–Crippen MR) is 81.2 cm³/mol. The van der Waals surface area contributed by atoms with E-state index in [1.165, 1.54) is 6.07 Å². The van der Waals surface area contributed by atoms with Crippen LogP contribution in [-0.4, -0.2) is 22.0 Å². The molecule has 1 heterocycles. The SMILES string of the molecule is O=C(O)CCc1cccc(NC(=O)c2cc(Cl)c(Cl)[nH]2)c1. The number of carboxylic acid groups (broad SMARTS) is 1. The normalized spacial score (nSPS) is 10.4. The Kier molecular flexibility index (Phi) is 4.88. The van der Waals surface area contributed by atoms with Gasteiger partial charge in [-0.1, -0.05) is 35.3 Å². The van der Waals surface area contributed by atoms with E-state index in [4.69, 9.17) is 28.3 Å². The fraction of sp³-hybridized carbons (Fsp3) is 0.143. The van der Waals surface area contributed by atoms with Gasteiger partial charge < -0.3 is 15.4 Å². The van der Waals surface area contributed by atoms with Gasteiger partial charge in [-0.25, -0.2) is 0 Å². The van der Waals surface area contributed by atoms with Crippen molar-refractivity contribution in [3.8, 4) is 0 Å². The van der Waals surface area contributed by atoms with Crippen molar-refractivity contribution in [2.24, 2.45) is 0 Å². The average Bonchev–Trinajstić information content (AvgIpc) is 2.77. The minimum atomic E-state index is -0.861. The monoisotopic (exact) mass is 326 g/mol. The molecule has 2 aromatic rings. The molecule has 2 rings (SSSR count). The molecule has 5 nitrogen and oxygen atoms in total. The van der Waals surface area contributed by atoms with Gasteiger partial charge in [-0.2, -0.15) is 0 Å². The highest BCUT2D eigenvalue weighted by Gasteiger charge is 2.12. The number of aromatic amines is 1. The summed E-state index contributed by atoms with van der Waals surface area (Å²) in [5.41, 5.74) is 1.66. The van der Waals surface area contributed by atoms with Gasteiger partial charge in [0.05, 0.1) is 5.02 Å². The minimum absolute atomic E-state index is 0.0409. The van der Waals surface area contributed by atoms with Gasteiger partial charge in [0.1, 0.15) is 10.8 Å². The van der Waals surface area contributed by atoms with E-state index in [-0.39, 0.29) is 28.2 Å². The Balaban J connectivity index is 2.07. The Morgan fingerprint density at radius 1 is 1.24 bits per heavy atom. The number of carboxylic acids is 1. The van der Waals surface area contributed by atoms with Gasteiger partial charge in [-0.05, 0) is 30.2 Å². The molecule has 1 amide bonds. The lowest BCUT2D eigenvalue weighted by molar-refractivity contribution is -0.136. The lowest BCUT2D eigenvalue weighted by Gasteiger charge is -2.06. The van der Waals surface area contributed by atoms with Gasteiger partial charge in [-0.15, -0.1) is 0 Å². The standard InChI is InChI=1S/C14H12Cl2N2O3/c15-10-7-11(18-13(10)16)14(21)17-9-3-1-2-8(6-9)4-5-12(19)20/h1-3,6-7,18H,4-5H2,(H,17,21)(H,19,20). The van der Waals surface area contributed by atoms with Crippen molar-refractivity contribution < 1.29 is 14.7 Å². The highest BCUT2D eigenvalue weighted by Crippen LogP contribution is 2.22. The molecule has 0 saturated carbocycles. The third-order valence-corrected chi connectivity index (χ3v) is 3.48. The third-order valence-electron chi connectivity index (χ3n) is 2.78. The Morgan fingerprint density at radius 2 is 2.00 bits per heavy atom. The maximum atomic E-state index is 12.0. The molecule has 0 radical (unpaired) electrons. The van der Waals surface area contributed by atoms with Crippen molar-refractivity contribution in [3.05, 3.63) is 51.8 Å². The third kappa shape index (κ3) is 4.24. The molecular formula is C14H12Cl2N2O3. The van der Waals surface area contributed by atoms with Crippen LogP contribution in [0, 0.1) is 0 Å². The summed E-state index contributed by atoms with van der Waals surface area (Å²) in [5.74, 6) is -1.24. The van der Waals surface area contributed by atoms with Gasteiger partial charge >= 0.3 is 5.97 Å². The van der Waals surface area contributed by atoms with E-state index in [0.29, 0.717) is 12.1 Å². The van der Waals surface area contributed by atoms with E-state index in [9.17, 15) is 9.59 Å². The smallest absolute Gasteiger partial charge is 0.303 e. The summed E-state index contributed by atoms with van der Waals surface area (Å²) >= 11 is 11.5. The summed E-state index contributed by atoms with van der Waals surface area (Å²) in [6.07, 6.45) is 0.443. The van der Waals surface area contributed by atoms with E-state index >= 15 is 0 Å². The molecule has 0 aliphatic heterocycles.